The molecule has 0 spiro atoms. The van der Waals surface area contributed by atoms with Crippen LogP contribution in [0.25, 0.3) is 0 Å². The topological polar surface area (TPSA) is 18.5 Å². The van der Waals surface area contributed by atoms with Gasteiger partial charge in [0.05, 0.1) is 0 Å². The molecule has 2 heterocycles. The monoisotopic (exact) mass is 277 g/mol. The molecule has 1 N–H and O–H groups in total. The lowest BCUT2D eigenvalue weighted by Crippen LogP contribution is -2.50. The summed E-state index contributed by atoms with van der Waals surface area (Å²) in [5, 5.41) is 3.48. The second-order valence-electron chi connectivity index (χ2n) is 5.83. The lowest BCUT2D eigenvalue weighted by atomic mass is 10.1. The Morgan fingerprint density at radius 1 is 0.950 bits per heavy atom. The zero-order valence-electron chi connectivity index (χ0n) is 12.0. The number of hydrogen-bond acceptors (Lipinski definition) is 3. The summed E-state index contributed by atoms with van der Waals surface area (Å²) in [4.78, 5) is 5.01. The highest BCUT2D eigenvalue weighted by Gasteiger charge is 2.24. The van der Waals surface area contributed by atoms with Crippen LogP contribution >= 0.6 is 0 Å². The number of hydrogen-bond donors (Lipinski definition) is 1. The first-order chi connectivity index (χ1) is 9.83. The smallest absolute Gasteiger partial charge is 0.123 e. The van der Waals surface area contributed by atoms with E-state index in [0.717, 1.165) is 44.5 Å². The minimum atomic E-state index is -0.154. The van der Waals surface area contributed by atoms with Gasteiger partial charge in [0, 0.05) is 37.9 Å². The molecule has 1 unspecified atom stereocenters. The molecule has 0 amide bonds. The van der Waals surface area contributed by atoms with Gasteiger partial charge >= 0.3 is 0 Å². The van der Waals surface area contributed by atoms with Crippen LogP contribution in [-0.4, -0.2) is 50.2 Å². The van der Waals surface area contributed by atoms with Crippen molar-refractivity contribution in [2.45, 2.75) is 25.3 Å². The van der Waals surface area contributed by atoms with Crippen molar-refractivity contribution in [2.75, 3.05) is 44.2 Å². The lowest BCUT2D eigenvalue weighted by Gasteiger charge is -2.40. The second-order valence-corrected chi connectivity index (χ2v) is 5.83. The zero-order chi connectivity index (χ0) is 13.8. The fourth-order valence-electron chi connectivity index (χ4n) is 3.36. The maximum atomic E-state index is 13.0. The highest BCUT2D eigenvalue weighted by atomic mass is 19.1. The molecule has 20 heavy (non-hydrogen) atoms. The van der Waals surface area contributed by atoms with E-state index in [0.29, 0.717) is 0 Å². The number of benzene rings is 1. The van der Waals surface area contributed by atoms with E-state index in [1.807, 2.05) is 12.1 Å². The standard InChI is InChI=1S/C16H24FN3/c17-14-3-5-16(6-4-14)20-12-10-19(11-13-20)15-2-1-8-18-9-7-15/h3-6,15,18H,1-2,7-13H2. The van der Waals surface area contributed by atoms with Crippen molar-refractivity contribution in [1.82, 2.24) is 10.2 Å². The molecule has 0 saturated carbocycles. The summed E-state index contributed by atoms with van der Waals surface area (Å²) in [6.07, 6.45) is 3.89. The number of piperazine rings is 1. The van der Waals surface area contributed by atoms with Crippen LogP contribution in [0.4, 0.5) is 10.1 Å². The molecule has 0 aliphatic carbocycles. The zero-order valence-corrected chi connectivity index (χ0v) is 12.0. The fourth-order valence-corrected chi connectivity index (χ4v) is 3.36. The van der Waals surface area contributed by atoms with Gasteiger partial charge in [-0.05, 0) is 56.6 Å². The predicted octanol–water partition coefficient (Wildman–Crippen LogP) is 2.09. The minimum absolute atomic E-state index is 0.154. The molecule has 4 heteroatoms. The van der Waals surface area contributed by atoms with Crippen LogP contribution in [0.5, 0.6) is 0 Å². The summed E-state index contributed by atoms with van der Waals surface area (Å²) < 4.78 is 13.0. The van der Waals surface area contributed by atoms with Crippen molar-refractivity contribution in [1.29, 1.82) is 0 Å². The Balaban J connectivity index is 1.54. The van der Waals surface area contributed by atoms with Crippen LogP contribution in [0.1, 0.15) is 19.3 Å². The van der Waals surface area contributed by atoms with Crippen molar-refractivity contribution in [3.05, 3.63) is 30.1 Å². The minimum Gasteiger partial charge on any atom is -0.369 e. The average Bonchev–Trinajstić information content (AvgIpc) is 2.77. The van der Waals surface area contributed by atoms with E-state index in [4.69, 9.17) is 0 Å². The van der Waals surface area contributed by atoms with Crippen LogP contribution in [0.3, 0.4) is 0 Å². The first-order valence-electron chi connectivity index (χ1n) is 7.78. The van der Waals surface area contributed by atoms with E-state index in [1.54, 1.807) is 12.1 Å². The van der Waals surface area contributed by atoms with E-state index in [1.165, 1.54) is 25.8 Å². The van der Waals surface area contributed by atoms with Gasteiger partial charge in [-0.15, -0.1) is 0 Å². The molecule has 0 bridgehead atoms. The molecule has 3 nitrogen and oxygen atoms in total. The first-order valence-corrected chi connectivity index (χ1v) is 7.78. The van der Waals surface area contributed by atoms with Crippen molar-refractivity contribution >= 4 is 5.69 Å². The van der Waals surface area contributed by atoms with Gasteiger partial charge in [-0.3, -0.25) is 4.90 Å². The van der Waals surface area contributed by atoms with Crippen LogP contribution in [0.15, 0.2) is 24.3 Å². The van der Waals surface area contributed by atoms with Crippen LogP contribution in [0, 0.1) is 5.82 Å². The third-order valence-electron chi connectivity index (χ3n) is 4.57. The molecule has 1 aromatic rings. The van der Waals surface area contributed by atoms with Gasteiger partial charge < -0.3 is 10.2 Å². The number of rotatable bonds is 2. The first kappa shape index (κ1) is 13.8. The number of nitrogens with one attached hydrogen (secondary N) is 1. The normalized spacial score (nSPS) is 25.4. The molecule has 2 aliphatic rings. The van der Waals surface area contributed by atoms with E-state index in [2.05, 4.69) is 15.1 Å². The van der Waals surface area contributed by atoms with Gasteiger partial charge in [-0.1, -0.05) is 0 Å². The molecule has 1 atom stereocenters. The molecule has 110 valence electrons. The predicted molar refractivity (Wildman–Crippen MR) is 80.7 cm³/mol. The lowest BCUT2D eigenvalue weighted by molar-refractivity contribution is 0.172. The maximum Gasteiger partial charge on any atom is 0.123 e. The summed E-state index contributed by atoms with van der Waals surface area (Å²) in [5.74, 6) is -0.154. The Morgan fingerprint density at radius 2 is 1.70 bits per heavy atom. The summed E-state index contributed by atoms with van der Waals surface area (Å²) in [6.45, 7) is 6.68. The van der Waals surface area contributed by atoms with Crippen molar-refractivity contribution in [3.63, 3.8) is 0 Å². The molecule has 2 aliphatic heterocycles. The number of anilines is 1. The van der Waals surface area contributed by atoms with Gasteiger partial charge in [-0.25, -0.2) is 4.39 Å². The largest absolute Gasteiger partial charge is 0.369 e. The third-order valence-corrected chi connectivity index (χ3v) is 4.57. The highest BCUT2D eigenvalue weighted by Crippen LogP contribution is 2.20. The van der Waals surface area contributed by atoms with Crippen LogP contribution in [-0.2, 0) is 0 Å². The van der Waals surface area contributed by atoms with Gasteiger partial charge in [0.15, 0.2) is 0 Å². The van der Waals surface area contributed by atoms with Crippen molar-refractivity contribution < 1.29 is 4.39 Å². The molecule has 0 radical (unpaired) electrons. The highest BCUT2D eigenvalue weighted by molar-refractivity contribution is 5.46. The molecule has 2 fully saturated rings. The maximum absolute atomic E-state index is 13.0. The Bertz CT molecular complexity index is 404. The molecule has 0 aromatic heterocycles. The second kappa shape index (κ2) is 6.55. The van der Waals surface area contributed by atoms with E-state index < -0.39 is 0 Å². The Labute approximate surface area is 120 Å². The Kier molecular flexibility index (Phi) is 4.53. The third kappa shape index (κ3) is 3.30. The van der Waals surface area contributed by atoms with E-state index in [-0.39, 0.29) is 5.82 Å². The van der Waals surface area contributed by atoms with Crippen molar-refractivity contribution in [3.8, 4) is 0 Å². The van der Waals surface area contributed by atoms with Gasteiger partial charge in [-0.2, -0.15) is 0 Å². The summed E-state index contributed by atoms with van der Waals surface area (Å²) in [6, 6.07) is 7.64. The van der Waals surface area contributed by atoms with E-state index in [9.17, 15) is 4.39 Å². The van der Waals surface area contributed by atoms with Crippen LogP contribution in [0.2, 0.25) is 0 Å². The molecular weight excluding hydrogens is 253 g/mol. The SMILES string of the molecule is Fc1ccc(N2CCN(C3CCCNCC3)CC2)cc1. The van der Waals surface area contributed by atoms with Gasteiger partial charge in [0.2, 0.25) is 0 Å². The summed E-state index contributed by atoms with van der Waals surface area (Å²) in [5.41, 5.74) is 1.15. The number of halogens is 1. The quantitative estimate of drug-likeness (QED) is 0.893. The Morgan fingerprint density at radius 3 is 2.45 bits per heavy atom. The van der Waals surface area contributed by atoms with Crippen molar-refractivity contribution in [2.24, 2.45) is 0 Å². The van der Waals surface area contributed by atoms with Gasteiger partial charge in [0.25, 0.3) is 0 Å². The van der Waals surface area contributed by atoms with Crippen LogP contribution < -0.4 is 10.2 Å². The number of nitrogens with zero attached hydrogens (tertiary/aromatic N) is 2. The molecule has 3 rings (SSSR count). The summed E-state index contributed by atoms with van der Waals surface area (Å²) in [7, 11) is 0. The average molecular weight is 277 g/mol. The Hall–Kier alpha value is -1.13. The fraction of sp³-hybridized carbons (Fsp3) is 0.625. The van der Waals surface area contributed by atoms with Gasteiger partial charge in [0.1, 0.15) is 5.82 Å². The molecule has 2 saturated heterocycles. The van der Waals surface area contributed by atoms with E-state index >= 15 is 0 Å². The summed E-state index contributed by atoms with van der Waals surface area (Å²) >= 11 is 0. The molecule has 1 aromatic carbocycles. The molecular formula is C16H24FN3.